The maximum Gasteiger partial charge on any atom is 0.409 e. The molecule has 158 valence electrons. The van der Waals surface area contributed by atoms with E-state index in [1.807, 2.05) is 0 Å². The summed E-state index contributed by atoms with van der Waals surface area (Å²) >= 11 is 0. The third-order valence-corrected chi connectivity index (χ3v) is 4.24. The number of piperazine rings is 1. The highest BCUT2D eigenvalue weighted by Gasteiger charge is 2.25. The van der Waals surface area contributed by atoms with E-state index in [0.717, 1.165) is 0 Å². The molecule has 10 heteroatoms. The molecule has 0 unspecified atom stereocenters. The number of hydrogen-bond donors (Lipinski definition) is 1. The molecule has 1 N–H and O–H groups in total. The second kappa shape index (κ2) is 10.9. The van der Waals surface area contributed by atoms with Crippen LogP contribution in [-0.4, -0.2) is 86.7 Å². The highest BCUT2D eigenvalue weighted by Crippen LogP contribution is 2.12. The van der Waals surface area contributed by atoms with E-state index < -0.39 is 24.6 Å². The van der Waals surface area contributed by atoms with Gasteiger partial charge in [0, 0.05) is 31.7 Å². The monoisotopic (exact) mass is 407 g/mol. The fourth-order valence-corrected chi connectivity index (χ4v) is 2.66. The molecule has 1 aliphatic heterocycles. The number of benzene rings is 1. The topological polar surface area (TPSA) is 114 Å². The fourth-order valence-electron chi connectivity index (χ4n) is 2.66. The van der Waals surface area contributed by atoms with Gasteiger partial charge >= 0.3 is 12.1 Å². The lowest BCUT2D eigenvalue weighted by Gasteiger charge is -2.33. The van der Waals surface area contributed by atoms with Gasteiger partial charge in [-0.25, -0.2) is 4.79 Å². The largest absolute Gasteiger partial charge is 0.497 e. The predicted molar refractivity (Wildman–Crippen MR) is 101 cm³/mol. The van der Waals surface area contributed by atoms with Gasteiger partial charge in [0.1, 0.15) is 12.3 Å². The van der Waals surface area contributed by atoms with E-state index in [-0.39, 0.29) is 12.5 Å². The predicted octanol–water partition coefficient (Wildman–Crippen LogP) is 0.269. The zero-order valence-corrected chi connectivity index (χ0v) is 16.5. The quantitative estimate of drug-likeness (QED) is 0.645. The molecule has 0 aromatic heterocycles. The number of esters is 1. The molecule has 0 spiro atoms. The molecule has 1 heterocycles. The Balaban J connectivity index is 1.69. The van der Waals surface area contributed by atoms with Gasteiger partial charge in [-0.15, -0.1) is 0 Å². The van der Waals surface area contributed by atoms with Crippen LogP contribution in [0.2, 0.25) is 0 Å². The van der Waals surface area contributed by atoms with Gasteiger partial charge in [0.05, 0.1) is 13.7 Å². The number of carbonyl (C=O) groups is 4. The molecular formula is C19H25N3O7. The minimum Gasteiger partial charge on any atom is -0.497 e. The van der Waals surface area contributed by atoms with E-state index in [1.165, 1.54) is 16.9 Å². The van der Waals surface area contributed by atoms with Crippen molar-refractivity contribution >= 4 is 23.9 Å². The molecule has 1 aromatic carbocycles. The Labute approximate surface area is 168 Å². The second-order valence-electron chi connectivity index (χ2n) is 6.14. The van der Waals surface area contributed by atoms with Crippen LogP contribution in [0.15, 0.2) is 24.3 Å². The summed E-state index contributed by atoms with van der Waals surface area (Å²) in [5.41, 5.74) is 0.340. The first kappa shape index (κ1) is 22.0. The molecule has 1 aliphatic rings. The lowest BCUT2D eigenvalue weighted by molar-refractivity contribution is -0.151. The molecule has 0 atom stereocenters. The van der Waals surface area contributed by atoms with E-state index >= 15 is 0 Å². The van der Waals surface area contributed by atoms with E-state index in [1.54, 1.807) is 31.2 Å². The maximum atomic E-state index is 12.1. The molecule has 1 aromatic rings. The summed E-state index contributed by atoms with van der Waals surface area (Å²) in [6.45, 7) is 2.62. The van der Waals surface area contributed by atoms with Gasteiger partial charge in [-0.05, 0) is 25.1 Å². The van der Waals surface area contributed by atoms with E-state index in [4.69, 9.17) is 14.2 Å². The minimum absolute atomic E-state index is 0.294. The molecule has 10 nitrogen and oxygen atoms in total. The Hall–Kier alpha value is -3.30. The molecule has 0 saturated carbocycles. The number of rotatable bonds is 7. The molecule has 1 saturated heterocycles. The SMILES string of the molecule is CCOC(=O)N1CCN(C(=O)COC(=O)CNC(=O)c2cccc(OC)c2)CC1. The number of nitrogens with one attached hydrogen (secondary N) is 1. The first-order chi connectivity index (χ1) is 13.9. The van der Waals surface area contributed by atoms with Crippen LogP contribution in [0, 0.1) is 0 Å². The minimum atomic E-state index is -0.722. The molecular weight excluding hydrogens is 382 g/mol. The van der Waals surface area contributed by atoms with Crippen molar-refractivity contribution in [3.05, 3.63) is 29.8 Å². The summed E-state index contributed by atoms with van der Waals surface area (Å²) in [4.78, 5) is 50.7. The summed E-state index contributed by atoms with van der Waals surface area (Å²) in [7, 11) is 1.49. The first-order valence-corrected chi connectivity index (χ1v) is 9.22. The lowest BCUT2D eigenvalue weighted by Crippen LogP contribution is -2.51. The van der Waals surface area contributed by atoms with Crippen LogP contribution >= 0.6 is 0 Å². The number of amides is 3. The number of hydrogen-bond acceptors (Lipinski definition) is 7. The standard InChI is InChI=1S/C19H25N3O7/c1-3-28-19(26)22-9-7-21(8-10-22)16(23)13-29-17(24)12-20-18(25)14-5-4-6-15(11-14)27-2/h4-6,11H,3,7-10,12-13H2,1-2H3,(H,20,25). The van der Waals surface area contributed by atoms with Crippen LogP contribution in [-0.2, 0) is 19.1 Å². The van der Waals surface area contributed by atoms with Gasteiger partial charge < -0.3 is 29.3 Å². The summed E-state index contributed by atoms with van der Waals surface area (Å²) in [6, 6.07) is 6.48. The molecule has 2 rings (SSSR count). The van der Waals surface area contributed by atoms with Crippen LogP contribution < -0.4 is 10.1 Å². The number of carbonyl (C=O) groups excluding carboxylic acids is 4. The second-order valence-corrected chi connectivity index (χ2v) is 6.14. The fraction of sp³-hybridized carbons (Fsp3) is 0.474. The van der Waals surface area contributed by atoms with E-state index in [0.29, 0.717) is 44.1 Å². The van der Waals surface area contributed by atoms with Crippen LogP contribution in [0.4, 0.5) is 4.79 Å². The number of nitrogens with zero attached hydrogens (tertiary/aromatic N) is 2. The van der Waals surface area contributed by atoms with Crippen molar-refractivity contribution in [2.75, 3.05) is 53.0 Å². The average Bonchev–Trinajstić information content (AvgIpc) is 2.76. The average molecular weight is 407 g/mol. The molecule has 3 amide bonds. The Morgan fingerprint density at radius 2 is 1.72 bits per heavy atom. The normalized spacial score (nSPS) is 13.4. The summed E-state index contributed by atoms with van der Waals surface area (Å²) in [6.07, 6.45) is -0.405. The molecule has 0 radical (unpaired) electrons. The van der Waals surface area contributed by atoms with Crippen molar-refractivity contribution in [1.82, 2.24) is 15.1 Å². The third kappa shape index (κ3) is 6.66. The zero-order chi connectivity index (χ0) is 21.2. The van der Waals surface area contributed by atoms with Crippen molar-refractivity contribution < 1.29 is 33.4 Å². The van der Waals surface area contributed by atoms with Gasteiger partial charge in [0.15, 0.2) is 6.61 Å². The summed E-state index contributed by atoms with van der Waals surface area (Å²) in [5.74, 6) is -1.02. The van der Waals surface area contributed by atoms with Crippen LogP contribution in [0.5, 0.6) is 5.75 Å². The van der Waals surface area contributed by atoms with Gasteiger partial charge in [-0.1, -0.05) is 6.07 Å². The van der Waals surface area contributed by atoms with E-state index in [9.17, 15) is 19.2 Å². The first-order valence-electron chi connectivity index (χ1n) is 9.22. The van der Waals surface area contributed by atoms with Crippen molar-refractivity contribution in [3.8, 4) is 5.75 Å². The third-order valence-electron chi connectivity index (χ3n) is 4.24. The molecule has 0 aliphatic carbocycles. The Morgan fingerprint density at radius 1 is 1.03 bits per heavy atom. The summed E-state index contributed by atoms with van der Waals surface area (Å²) < 4.78 is 14.9. The zero-order valence-electron chi connectivity index (χ0n) is 16.5. The molecule has 1 fully saturated rings. The highest BCUT2D eigenvalue weighted by atomic mass is 16.6. The number of ether oxygens (including phenoxy) is 3. The maximum absolute atomic E-state index is 12.1. The van der Waals surface area contributed by atoms with Gasteiger partial charge in [0.25, 0.3) is 11.8 Å². The Bertz CT molecular complexity index is 745. The van der Waals surface area contributed by atoms with Gasteiger partial charge in [-0.2, -0.15) is 0 Å². The lowest BCUT2D eigenvalue weighted by atomic mass is 10.2. The van der Waals surface area contributed by atoms with Gasteiger partial charge in [-0.3, -0.25) is 14.4 Å². The number of methoxy groups -OCH3 is 1. The smallest absolute Gasteiger partial charge is 0.409 e. The van der Waals surface area contributed by atoms with Crippen LogP contribution in [0.25, 0.3) is 0 Å². The van der Waals surface area contributed by atoms with Crippen molar-refractivity contribution in [3.63, 3.8) is 0 Å². The molecule has 0 bridgehead atoms. The summed E-state index contributed by atoms with van der Waals surface area (Å²) in [5, 5.41) is 2.43. The van der Waals surface area contributed by atoms with Crippen LogP contribution in [0.1, 0.15) is 17.3 Å². The van der Waals surface area contributed by atoms with Crippen molar-refractivity contribution in [2.24, 2.45) is 0 Å². The Kier molecular flexibility index (Phi) is 8.26. The highest BCUT2D eigenvalue weighted by molar-refractivity contribution is 5.96. The van der Waals surface area contributed by atoms with Crippen molar-refractivity contribution in [1.29, 1.82) is 0 Å². The molecule has 29 heavy (non-hydrogen) atoms. The Morgan fingerprint density at radius 3 is 2.38 bits per heavy atom. The van der Waals surface area contributed by atoms with Crippen LogP contribution in [0.3, 0.4) is 0 Å². The van der Waals surface area contributed by atoms with Crippen molar-refractivity contribution in [2.45, 2.75) is 6.92 Å². The van der Waals surface area contributed by atoms with Gasteiger partial charge in [0.2, 0.25) is 0 Å². The van der Waals surface area contributed by atoms with E-state index in [2.05, 4.69) is 5.32 Å².